The van der Waals surface area contributed by atoms with Gasteiger partial charge in [-0.2, -0.15) is 0 Å². The molecule has 0 bridgehead atoms. The molecule has 2 aromatic rings. The van der Waals surface area contributed by atoms with Crippen molar-refractivity contribution in [3.63, 3.8) is 0 Å². The van der Waals surface area contributed by atoms with Crippen molar-refractivity contribution in [1.29, 1.82) is 0 Å². The summed E-state index contributed by atoms with van der Waals surface area (Å²) in [5.74, 6) is -0.309. The Morgan fingerprint density at radius 1 is 1.05 bits per heavy atom. The zero-order chi connectivity index (χ0) is 15.4. The van der Waals surface area contributed by atoms with Crippen LogP contribution in [-0.4, -0.2) is 0 Å². The van der Waals surface area contributed by atoms with Gasteiger partial charge < -0.3 is 5.32 Å². The Balaban J connectivity index is 2.16. The molecule has 0 aliphatic rings. The van der Waals surface area contributed by atoms with Crippen LogP contribution in [0.3, 0.4) is 0 Å². The van der Waals surface area contributed by atoms with Crippen molar-refractivity contribution < 1.29 is 8.78 Å². The highest BCUT2D eigenvalue weighted by atomic mass is 35.5. The Bertz CT molecular complexity index is 576. The third-order valence-electron chi connectivity index (χ3n) is 3.46. The van der Waals surface area contributed by atoms with Crippen LogP contribution in [0, 0.1) is 17.6 Å². The monoisotopic (exact) mass is 309 g/mol. The number of nitrogens with one attached hydrogen (secondary N) is 1. The predicted octanol–water partition coefficient (Wildman–Crippen LogP) is 5.11. The fraction of sp³-hybridized carbons (Fsp3) is 0.294. The molecule has 0 amide bonds. The summed E-state index contributed by atoms with van der Waals surface area (Å²) in [5, 5.41) is 3.71. The Hall–Kier alpha value is -1.45. The Labute approximate surface area is 128 Å². The predicted molar refractivity (Wildman–Crippen MR) is 82.2 cm³/mol. The quantitative estimate of drug-likeness (QED) is 0.809. The lowest BCUT2D eigenvalue weighted by Gasteiger charge is -2.23. The van der Waals surface area contributed by atoms with Crippen LogP contribution in [-0.2, 0) is 6.54 Å². The summed E-state index contributed by atoms with van der Waals surface area (Å²) < 4.78 is 26.8. The van der Waals surface area contributed by atoms with E-state index in [0.29, 0.717) is 17.1 Å². The van der Waals surface area contributed by atoms with Gasteiger partial charge in [0.2, 0.25) is 0 Å². The van der Waals surface area contributed by atoms with Crippen LogP contribution in [0.4, 0.5) is 8.78 Å². The van der Waals surface area contributed by atoms with E-state index in [-0.39, 0.29) is 23.6 Å². The summed E-state index contributed by atoms with van der Waals surface area (Å²) >= 11 is 6.03. The van der Waals surface area contributed by atoms with Crippen molar-refractivity contribution in [2.75, 3.05) is 0 Å². The van der Waals surface area contributed by atoms with Gasteiger partial charge in [0.05, 0.1) is 0 Å². The van der Waals surface area contributed by atoms with Crippen LogP contribution in [0.15, 0.2) is 42.5 Å². The number of benzene rings is 2. The molecule has 1 unspecified atom stereocenters. The van der Waals surface area contributed by atoms with Crippen molar-refractivity contribution in [3.8, 4) is 0 Å². The third-order valence-corrected chi connectivity index (χ3v) is 3.81. The molecule has 0 heterocycles. The van der Waals surface area contributed by atoms with Crippen LogP contribution in [0.25, 0.3) is 0 Å². The molecule has 0 fully saturated rings. The van der Waals surface area contributed by atoms with Gasteiger partial charge in [-0.3, -0.25) is 0 Å². The first-order valence-electron chi connectivity index (χ1n) is 6.90. The van der Waals surface area contributed by atoms with Gasteiger partial charge in [-0.25, -0.2) is 8.78 Å². The molecule has 0 aliphatic heterocycles. The first kappa shape index (κ1) is 15.9. The second kappa shape index (κ2) is 7.01. The van der Waals surface area contributed by atoms with E-state index in [0.717, 1.165) is 5.56 Å². The maximum Gasteiger partial charge on any atom is 0.129 e. The van der Waals surface area contributed by atoms with E-state index in [1.165, 1.54) is 18.2 Å². The van der Waals surface area contributed by atoms with Crippen molar-refractivity contribution in [2.45, 2.75) is 26.4 Å². The maximum absolute atomic E-state index is 13.8. The molecule has 1 N–H and O–H groups in total. The number of halogens is 3. The van der Waals surface area contributed by atoms with Gasteiger partial charge in [0.15, 0.2) is 0 Å². The molecule has 1 nitrogen and oxygen atoms in total. The lowest BCUT2D eigenvalue weighted by molar-refractivity contribution is 0.406. The fourth-order valence-corrected chi connectivity index (χ4v) is 2.55. The van der Waals surface area contributed by atoms with Crippen molar-refractivity contribution >= 4 is 11.6 Å². The molecule has 0 aromatic heterocycles. The summed E-state index contributed by atoms with van der Waals surface area (Å²) in [5.41, 5.74) is 1.42. The van der Waals surface area contributed by atoms with Crippen LogP contribution in [0.1, 0.15) is 31.0 Å². The normalized spacial score (nSPS) is 12.7. The highest BCUT2D eigenvalue weighted by Crippen LogP contribution is 2.24. The number of hydrogen-bond acceptors (Lipinski definition) is 1. The van der Waals surface area contributed by atoms with Crippen LogP contribution in [0.5, 0.6) is 0 Å². The minimum Gasteiger partial charge on any atom is -0.305 e. The van der Waals surface area contributed by atoms with E-state index in [9.17, 15) is 8.78 Å². The van der Waals surface area contributed by atoms with E-state index in [2.05, 4.69) is 19.2 Å². The van der Waals surface area contributed by atoms with Crippen molar-refractivity contribution in [2.24, 2.45) is 5.92 Å². The van der Waals surface area contributed by atoms with E-state index < -0.39 is 0 Å². The topological polar surface area (TPSA) is 12.0 Å². The van der Waals surface area contributed by atoms with E-state index in [1.54, 1.807) is 24.3 Å². The second-order valence-corrected chi connectivity index (χ2v) is 5.76. The molecule has 2 aromatic carbocycles. The molecule has 2 rings (SSSR count). The summed E-state index contributed by atoms with van der Waals surface area (Å²) in [6, 6.07) is 11.0. The average molecular weight is 310 g/mol. The fourth-order valence-electron chi connectivity index (χ4n) is 2.32. The highest BCUT2D eigenvalue weighted by molar-refractivity contribution is 6.31. The van der Waals surface area contributed by atoms with Crippen molar-refractivity contribution in [1.82, 2.24) is 5.32 Å². The molecule has 0 saturated carbocycles. The third kappa shape index (κ3) is 4.02. The van der Waals surface area contributed by atoms with Crippen molar-refractivity contribution in [3.05, 3.63) is 70.2 Å². The molecule has 0 radical (unpaired) electrons. The van der Waals surface area contributed by atoms with E-state index in [4.69, 9.17) is 11.6 Å². The minimum absolute atomic E-state index is 0.00118. The van der Waals surface area contributed by atoms with E-state index in [1.807, 2.05) is 0 Å². The van der Waals surface area contributed by atoms with Gasteiger partial charge in [-0.05, 0) is 35.7 Å². The molecule has 0 saturated heterocycles. The molecular formula is C17H18ClF2N. The lowest BCUT2D eigenvalue weighted by atomic mass is 9.95. The summed E-state index contributed by atoms with van der Waals surface area (Å²) in [7, 11) is 0. The molecule has 112 valence electrons. The number of rotatable bonds is 5. The molecular weight excluding hydrogens is 292 g/mol. The average Bonchev–Trinajstić information content (AvgIpc) is 2.43. The summed E-state index contributed by atoms with van der Waals surface area (Å²) in [6.45, 7) is 4.44. The van der Waals surface area contributed by atoms with Gasteiger partial charge in [-0.15, -0.1) is 0 Å². The Morgan fingerprint density at radius 3 is 2.29 bits per heavy atom. The first-order chi connectivity index (χ1) is 9.99. The smallest absolute Gasteiger partial charge is 0.129 e. The molecule has 1 atom stereocenters. The Morgan fingerprint density at radius 2 is 1.71 bits per heavy atom. The molecule has 4 heteroatoms. The lowest BCUT2D eigenvalue weighted by Crippen LogP contribution is -2.26. The van der Waals surface area contributed by atoms with Crippen LogP contribution < -0.4 is 5.32 Å². The van der Waals surface area contributed by atoms with Crippen LogP contribution in [0.2, 0.25) is 5.02 Å². The molecule has 0 aliphatic carbocycles. The van der Waals surface area contributed by atoms with Gasteiger partial charge >= 0.3 is 0 Å². The molecule has 21 heavy (non-hydrogen) atoms. The zero-order valence-corrected chi connectivity index (χ0v) is 12.8. The largest absolute Gasteiger partial charge is 0.305 e. The van der Waals surface area contributed by atoms with E-state index >= 15 is 0 Å². The standard InChI is InChI=1S/C17H18ClF2N/c1-11(2)17(12-6-8-13(19)9-7-12)21-10-14-15(18)4-3-5-16(14)20/h3-9,11,17,21H,10H2,1-2H3. The first-order valence-corrected chi connectivity index (χ1v) is 7.28. The van der Waals surface area contributed by atoms with Gasteiger partial charge in [0.1, 0.15) is 11.6 Å². The van der Waals surface area contributed by atoms with Crippen LogP contribution >= 0.6 is 11.6 Å². The summed E-state index contributed by atoms with van der Waals surface area (Å²) in [4.78, 5) is 0. The maximum atomic E-state index is 13.8. The molecule has 0 spiro atoms. The number of hydrogen-bond donors (Lipinski definition) is 1. The van der Waals surface area contributed by atoms with Gasteiger partial charge in [0, 0.05) is 23.2 Å². The minimum atomic E-state index is -0.323. The summed E-state index contributed by atoms with van der Waals surface area (Å²) in [6.07, 6.45) is 0. The second-order valence-electron chi connectivity index (χ2n) is 5.35. The highest BCUT2D eigenvalue weighted by Gasteiger charge is 2.17. The van der Waals surface area contributed by atoms with Gasteiger partial charge in [-0.1, -0.05) is 43.6 Å². The SMILES string of the molecule is CC(C)C(NCc1c(F)cccc1Cl)c1ccc(F)cc1. The van der Waals surface area contributed by atoms with Gasteiger partial charge in [0.25, 0.3) is 0 Å². The Kier molecular flexibility index (Phi) is 5.32. The zero-order valence-electron chi connectivity index (χ0n) is 12.0.